The van der Waals surface area contributed by atoms with Crippen LogP contribution in [0.3, 0.4) is 0 Å². The van der Waals surface area contributed by atoms with Crippen molar-refractivity contribution in [3.8, 4) is 0 Å². The second-order valence-electron chi connectivity index (χ2n) is 4.56. The van der Waals surface area contributed by atoms with Gasteiger partial charge in [-0.1, -0.05) is 0 Å². The summed E-state index contributed by atoms with van der Waals surface area (Å²) in [6, 6.07) is 6.10. The molecule has 0 spiro atoms. The molecule has 0 aromatic heterocycles. The van der Waals surface area contributed by atoms with Gasteiger partial charge >= 0.3 is 0 Å². The Hall–Kier alpha value is -1.56. The van der Waals surface area contributed by atoms with E-state index in [1.54, 1.807) is 7.05 Å². The monoisotopic (exact) mass is 268 g/mol. The number of nitrogen functional groups attached to an aromatic ring is 1. The summed E-state index contributed by atoms with van der Waals surface area (Å²) in [5, 5.41) is 0. The van der Waals surface area contributed by atoms with Crippen LogP contribution in [-0.4, -0.2) is 38.1 Å². The molecule has 98 valence electrons. The zero-order chi connectivity index (χ0) is 13.3. The van der Waals surface area contributed by atoms with E-state index in [-0.39, 0.29) is 16.8 Å². The molecule has 1 aromatic carbocycles. The standard InChI is InChI=1S/C12H16N2O3S/c1-14(10-4-5-10)12(15)8-18(16,17)11-6-2-9(13)3-7-11/h2-3,6-7,10H,4-5,8,13H2,1H3. The maximum Gasteiger partial charge on any atom is 0.238 e. The first-order valence-electron chi connectivity index (χ1n) is 5.74. The summed E-state index contributed by atoms with van der Waals surface area (Å²) in [5.74, 6) is -0.835. The highest BCUT2D eigenvalue weighted by atomic mass is 32.2. The Morgan fingerprint density at radius 3 is 2.39 bits per heavy atom. The number of carbonyl (C=O) groups excluding carboxylic acids is 1. The fraction of sp³-hybridized carbons (Fsp3) is 0.417. The van der Waals surface area contributed by atoms with E-state index in [4.69, 9.17) is 5.73 Å². The molecule has 1 amide bonds. The molecular formula is C12H16N2O3S. The Morgan fingerprint density at radius 1 is 1.33 bits per heavy atom. The van der Waals surface area contributed by atoms with Gasteiger partial charge in [-0.05, 0) is 37.1 Å². The number of benzene rings is 1. The molecule has 0 unspecified atom stereocenters. The van der Waals surface area contributed by atoms with Crippen LogP contribution in [0, 0.1) is 0 Å². The second kappa shape index (κ2) is 4.61. The zero-order valence-corrected chi connectivity index (χ0v) is 11.0. The van der Waals surface area contributed by atoms with Crippen LogP contribution in [-0.2, 0) is 14.6 Å². The van der Waals surface area contributed by atoms with Crippen LogP contribution < -0.4 is 5.73 Å². The van der Waals surface area contributed by atoms with E-state index >= 15 is 0 Å². The van der Waals surface area contributed by atoms with Crippen molar-refractivity contribution in [3.05, 3.63) is 24.3 Å². The van der Waals surface area contributed by atoms with Gasteiger partial charge in [-0.25, -0.2) is 8.42 Å². The van der Waals surface area contributed by atoms with E-state index in [0.29, 0.717) is 5.69 Å². The van der Waals surface area contributed by atoms with Gasteiger partial charge in [0, 0.05) is 18.8 Å². The molecule has 0 atom stereocenters. The Morgan fingerprint density at radius 2 is 1.89 bits per heavy atom. The third-order valence-corrected chi connectivity index (χ3v) is 4.66. The average Bonchev–Trinajstić information content (AvgIpc) is 3.11. The molecule has 18 heavy (non-hydrogen) atoms. The average molecular weight is 268 g/mol. The van der Waals surface area contributed by atoms with Crippen molar-refractivity contribution in [1.29, 1.82) is 0 Å². The fourth-order valence-corrected chi connectivity index (χ4v) is 2.93. The first kappa shape index (κ1) is 12.9. The number of carbonyl (C=O) groups is 1. The molecule has 0 saturated heterocycles. The Kier molecular flexibility index (Phi) is 3.30. The summed E-state index contributed by atoms with van der Waals surface area (Å²) in [6.45, 7) is 0. The molecule has 0 radical (unpaired) electrons. The Balaban J connectivity index is 2.11. The number of sulfone groups is 1. The van der Waals surface area contributed by atoms with Gasteiger partial charge in [0.1, 0.15) is 5.75 Å². The third kappa shape index (κ3) is 2.81. The quantitative estimate of drug-likeness (QED) is 0.814. The van der Waals surface area contributed by atoms with Crippen LogP contribution in [0.15, 0.2) is 29.2 Å². The highest BCUT2D eigenvalue weighted by molar-refractivity contribution is 7.92. The molecule has 1 aliphatic rings. The molecule has 5 nitrogen and oxygen atoms in total. The van der Waals surface area contributed by atoms with E-state index in [1.165, 1.54) is 29.2 Å². The smallest absolute Gasteiger partial charge is 0.238 e. The minimum absolute atomic E-state index is 0.134. The van der Waals surface area contributed by atoms with Crippen LogP contribution in [0.25, 0.3) is 0 Å². The van der Waals surface area contributed by atoms with Crippen LogP contribution in [0.5, 0.6) is 0 Å². The molecule has 0 bridgehead atoms. The van der Waals surface area contributed by atoms with Gasteiger partial charge in [-0.2, -0.15) is 0 Å². The summed E-state index contributed by atoms with van der Waals surface area (Å²) in [7, 11) is -1.92. The van der Waals surface area contributed by atoms with Gasteiger partial charge in [0.15, 0.2) is 9.84 Å². The van der Waals surface area contributed by atoms with Crippen molar-refractivity contribution < 1.29 is 13.2 Å². The highest BCUT2D eigenvalue weighted by Gasteiger charge is 2.31. The van der Waals surface area contributed by atoms with Gasteiger partial charge in [0.2, 0.25) is 5.91 Å². The lowest BCUT2D eigenvalue weighted by molar-refractivity contribution is -0.127. The van der Waals surface area contributed by atoms with Crippen molar-refractivity contribution in [2.75, 3.05) is 18.5 Å². The Labute approximate surface area is 107 Å². The number of nitrogens with zero attached hydrogens (tertiary/aromatic N) is 1. The minimum atomic E-state index is -3.57. The third-order valence-electron chi connectivity index (χ3n) is 3.04. The normalized spacial score (nSPS) is 15.4. The van der Waals surface area contributed by atoms with Crippen LogP contribution in [0.4, 0.5) is 5.69 Å². The van der Waals surface area contributed by atoms with E-state index < -0.39 is 15.6 Å². The lowest BCUT2D eigenvalue weighted by Gasteiger charge is -2.16. The van der Waals surface area contributed by atoms with E-state index in [0.717, 1.165) is 12.8 Å². The van der Waals surface area contributed by atoms with Crippen molar-refractivity contribution in [2.24, 2.45) is 0 Å². The van der Waals surface area contributed by atoms with Gasteiger partial charge in [0.25, 0.3) is 0 Å². The number of nitrogens with two attached hydrogens (primary N) is 1. The maximum absolute atomic E-state index is 12.0. The number of hydrogen-bond acceptors (Lipinski definition) is 4. The molecule has 0 aliphatic heterocycles. The number of rotatable bonds is 4. The lowest BCUT2D eigenvalue weighted by Crippen LogP contribution is -2.34. The summed E-state index contributed by atoms with van der Waals surface area (Å²) >= 11 is 0. The van der Waals surface area contributed by atoms with Crippen molar-refractivity contribution >= 4 is 21.4 Å². The van der Waals surface area contributed by atoms with Crippen molar-refractivity contribution in [1.82, 2.24) is 4.90 Å². The maximum atomic E-state index is 12.0. The van der Waals surface area contributed by atoms with Gasteiger partial charge in [-0.3, -0.25) is 4.79 Å². The summed E-state index contributed by atoms with van der Waals surface area (Å²) in [6.07, 6.45) is 1.92. The molecule has 1 saturated carbocycles. The molecule has 1 aliphatic carbocycles. The topological polar surface area (TPSA) is 80.5 Å². The predicted octanol–water partition coefficient (Wildman–Crippen LogP) is 0.663. The van der Waals surface area contributed by atoms with Crippen LogP contribution >= 0.6 is 0 Å². The molecule has 6 heteroatoms. The number of amides is 1. The lowest BCUT2D eigenvalue weighted by atomic mass is 10.3. The molecule has 1 aromatic rings. The van der Waals surface area contributed by atoms with E-state index in [2.05, 4.69) is 0 Å². The van der Waals surface area contributed by atoms with Gasteiger partial charge in [-0.15, -0.1) is 0 Å². The minimum Gasteiger partial charge on any atom is -0.399 e. The van der Waals surface area contributed by atoms with Crippen molar-refractivity contribution in [2.45, 2.75) is 23.8 Å². The Bertz CT molecular complexity index is 547. The van der Waals surface area contributed by atoms with E-state index in [9.17, 15) is 13.2 Å². The zero-order valence-electron chi connectivity index (χ0n) is 10.2. The predicted molar refractivity (Wildman–Crippen MR) is 68.7 cm³/mol. The second-order valence-corrected chi connectivity index (χ2v) is 6.55. The number of anilines is 1. The summed E-state index contributed by atoms with van der Waals surface area (Å²) in [5.41, 5.74) is 5.99. The number of hydrogen-bond donors (Lipinski definition) is 1. The van der Waals surface area contributed by atoms with E-state index in [1.807, 2.05) is 0 Å². The van der Waals surface area contributed by atoms with Crippen LogP contribution in [0.2, 0.25) is 0 Å². The fourth-order valence-electron chi connectivity index (χ4n) is 1.69. The van der Waals surface area contributed by atoms with Gasteiger partial charge < -0.3 is 10.6 Å². The molecule has 1 fully saturated rings. The van der Waals surface area contributed by atoms with Crippen LogP contribution in [0.1, 0.15) is 12.8 Å². The van der Waals surface area contributed by atoms with Gasteiger partial charge in [0.05, 0.1) is 4.90 Å². The largest absolute Gasteiger partial charge is 0.399 e. The first-order valence-corrected chi connectivity index (χ1v) is 7.39. The molecule has 2 N–H and O–H groups in total. The SMILES string of the molecule is CN(C(=O)CS(=O)(=O)c1ccc(N)cc1)C1CC1. The summed E-state index contributed by atoms with van der Waals surface area (Å²) < 4.78 is 24.0. The first-order chi connectivity index (χ1) is 8.40. The summed E-state index contributed by atoms with van der Waals surface area (Å²) in [4.78, 5) is 13.5. The molecular weight excluding hydrogens is 252 g/mol. The molecule has 0 heterocycles. The highest BCUT2D eigenvalue weighted by Crippen LogP contribution is 2.26. The van der Waals surface area contributed by atoms with Crippen molar-refractivity contribution in [3.63, 3.8) is 0 Å². The molecule has 2 rings (SSSR count).